The van der Waals surface area contributed by atoms with Crippen molar-refractivity contribution in [3.05, 3.63) is 47.7 Å². The number of nitrogen functional groups attached to an aromatic ring is 1. The van der Waals surface area contributed by atoms with Crippen molar-refractivity contribution in [1.82, 2.24) is 4.98 Å². The lowest BCUT2D eigenvalue weighted by atomic mass is 10.1. The number of amides is 1. The van der Waals surface area contributed by atoms with Crippen molar-refractivity contribution >= 4 is 17.3 Å². The van der Waals surface area contributed by atoms with Gasteiger partial charge in [0.05, 0.1) is 19.0 Å². The molecule has 4 N–H and O–H groups in total. The number of carbonyl (C=O) groups is 1. The first kappa shape index (κ1) is 14.7. The van der Waals surface area contributed by atoms with Crippen LogP contribution in [0, 0.1) is 11.6 Å². The summed E-state index contributed by atoms with van der Waals surface area (Å²) < 4.78 is 31.9. The zero-order valence-electron chi connectivity index (χ0n) is 11.0. The summed E-state index contributed by atoms with van der Waals surface area (Å²) >= 11 is 0. The number of nitrogens with two attached hydrogens (primary N) is 1. The Balaban J connectivity index is 2.20. The molecule has 1 heterocycles. The minimum Gasteiger partial charge on any atom is -0.481 e. The number of pyridine rings is 1. The first-order valence-electron chi connectivity index (χ1n) is 5.82. The van der Waals surface area contributed by atoms with Gasteiger partial charge in [-0.25, -0.2) is 13.8 Å². The highest BCUT2D eigenvalue weighted by Crippen LogP contribution is 2.20. The van der Waals surface area contributed by atoms with E-state index in [1.165, 1.54) is 19.4 Å². The van der Waals surface area contributed by atoms with Crippen LogP contribution in [-0.2, 0) is 0 Å². The molecule has 2 aromatic rings. The zero-order valence-corrected chi connectivity index (χ0v) is 11.0. The van der Waals surface area contributed by atoms with E-state index in [-0.39, 0.29) is 5.56 Å². The van der Waals surface area contributed by atoms with Gasteiger partial charge in [0.1, 0.15) is 5.69 Å². The number of rotatable bonds is 4. The fourth-order valence-corrected chi connectivity index (χ4v) is 1.62. The minimum absolute atomic E-state index is 0.181. The topological polar surface area (TPSA) is 89.3 Å². The largest absolute Gasteiger partial charge is 0.481 e. The van der Waals surface area contributed by atoms with Gasteiger partial charge in [0, 0.05) is 11.6 Å². The number of ether oxygens (including phenoxy) is 1. The summed E-state index contributed by atoms with van der Waals surface area (Å²) in [6.45, 7) is 0. The van der Waals surface area contributed by atoms with Crippen LogP contribution >= 0.6 is 0 Å². The Morgan fingerprint density at radius 1 is 1.29 bits per heavy atom. The first-order valence-corrected chi connectivity index (χ1v) is 5.82. The number of carbonyl (C=O) groups excluding carboxylic acids is 1. The lowest BCUT2D eigenvalue weighted by molar-refractivity contribution is 0.102. The van der Waals surface area contributed by atoms with Gasteiger partial charge in [-0.2, -0.15) is 0 Å². The molecular weight excluding hydrogens is 282 g/mol. The molecule has 0 saturated carbocycles. The molecule has 0 saturated heterocycles. The molecule has 21 heavy (non-hydrogen) atoms. The van der Waals surface area contributed by atoms with E-state index in [2.05, 4.69) is 10.3 Å². The van der Waals surface area contributed by atoms with Crippen molar-refractivity contribution < 1.29 is 18.3 Å². The van der Waals surface area contributed by atoms with Crippen LogP contribution in [0.4, 0.5) is 20.2 Å². The predicted octanol–water partition coefficient (Wildman–Crippen LogP) is 1.91. The average Bonchev–Trinajstić information content (AvgIpc) is 2.47. The Bertz CT molecular complexity index is 639. The van der Waals surface area contributed by atoms with Gasteiger partial charge in [-0.05, 0) is 18.2 Å². The van der Waals surface area contributed by atoms with Crippen molar-refractivity contribution in [2.24, 2.45) is 5.84 Å². The van der Waals surface area contributed by atoms with Crippen LogP contribution in [0.5, 0.6) is 5.88 Å². The van der Waals surface area contributed by atoms with Gasteiger partial charge >= 0.3 is 0 Å². The lowest BCUT2D eigenvalue weighted by Crippen LogP contribution is -2.15. The maximum Gasteiger partial charge on any atom is 0.255 e. The Morgan fingerprint density at radius 2 is 1.95 bits per heavy atom. The second kappa shape index (κ2) is 6.14. The van der Waals surface area contributed by atoms with Crippen molar-refractivity contribution in [2.75, 3.05) is 17.9 Å². The number of anilines is 2. The molecule has 6 nitrogen and oxygen atoms in total. The summed E-state index contributed by atoms with van der Waals surface area (Å²) in [4.78, 5) is 15.8. The second-order valence-electron chi connectivity index (χ2n) is 4.00. The molecule has 0 aliphatic rings. The van der Waals surface area contributed by atoms with Crippen LogP contribution in [0.3, 0.4) is 0 Å². The van der Waals surface area contributed by atoms with Crippen molar-refractivity contribution in [3.8, 4) is 5.88 Å². The molecule has 1 amide bonds. The number of aromatic nitrogens is 1. The zero-order chi connectivity index (χ0) is 15.4. The molecule has 2 rings (SSSR count). The number of hydrogen-bond acceptors (Lipinski definition) is 5. The van der Waals surface area contributed by atoms with Gasteiger partial charge in [0.2, 0.25) is 5.88 Å². The van der Waals surface area contributed by atoms with Crippen LogP contribution in [-0.4, -0.2) is 18.0 Å². The third kappa shape index (κ3) is 3.23. The monoisotopic (exact) mass is 294 g/mol. The summed E-state index contributed by atoms with van der Waals surface area (Å²) in [5.41, 5.74) is 1.57. The highest BCUT2D eigenvalue weighted by molar-refractivity contribution is 6.04. The maximum atomic E-state index is 13.5. The first-order chi connectivity index (χ1) is 10.0. The van der Waals surface area contributed by atoms with Crippen LogP contribution in [0.25, 0.3) is 0 Å². The van der Waals surface area contributed by atoms with Gasteiger partial charge < -0.3 is 15.5 Å². The predicted molar refractivity (Wildman–Crippen MR) is 72.9 cm³/mol. The molecule has 0 aliphatic heterocycles. The van der Waals surface area contributed by atoms with E-state index in [9.17, 15) is 13.6 Å². The molecule has 0 spiro atoms. The fourth-order valence-electron chi connectivity index (χ4n) is 1.62. The van der Waals surface area contributed by atoms with Crippen molar-refractivity contribution in [1.29, 1.82) is 0 Å². The standard InChI is InChI=1S/C13H12F2N4O2/c1-21-11-3-2-8(6-17-11)18-13(20)7-4-9(14)12(19-16)10(15)5-7/h2-6,19H,16H2,1H3,(H,18,20). The molecule has 0 fully saturated rings. The van der Waals surface area contributed by atoms with Crippen LogP contribution in [0.15, 0.2) is 30.5 Å². The molecule has 1 aromatic carbocycles. The lowest BCUT2D eigenvalue weighted by Gasteiger charge is -2.08. The molecule has 0 unspecified atom stereocenters. The third-order valence-electron chi connectivity index (χ3n) is 2.65. The minimum atomic E-state index is -0.962. The van der Waals surface area contributed by atoms with Crippen molar-refractivity contribution in [3.63, 3.8) is 0 Å². The quantitative estimate of drug-likeness (QED) is 0.592. The number of halogens is 2. The summed E-state index contributed by atoms with van der Waals surface area (Å²) in [5.74, 6) is 2.75. The molecule has 1 aromatic heterocycles. The molecule has 110 valence electrons. The van der Waals surface area contributed by atoms with E-state index in [4.69, 9.17) is 10.6 Å². The number of methoxy groups -OCH3 is 1. The molecule has 0 radical (unpaired) electrons. The molecule has 8 heteroatoms. The van der Waals surface area contributed by atoms with E-state index in [1.54, 1.807) is 6.07 Å². The van der Waals surface area contributed by atoms with E-state index >= 15 is 0 Å². The average molecular weight is 294 g/mol. The molecule has 0 atom stereocenters. The van der Waals surface area contributed by atoms with Gasteiger partial charge in [-0.15, -0.1) is 0 Å². The summed E-state index contributed by atoms with van der Waals surface area (Å²) in [7, 11) is 1.46. The Hall–Kier alpha value is -2.74. The summed E-state index contributed by atoms with van der Waals surface area (Å²) in [6.07, 6.45) is 1.36. The van der Waals surface area contributed by atoms with Crippen LogP contribution in [0.1, 0.15) is 10.4 Å². The normalized spacial score (nSPS) is 10.1. The number of hydrogen-bond donors (Lipinski definition) is 3. The van der Waals surface area contributed by atoms with Crippen LogP contribution in [0.2, 0.25) is 0 Å². The smallest absolute Gasteiger partial charge is 0.255 e. The van der Waals surface area contributed by atoms with Gasteiger partial charge in [0.15, 0.2) is 11.6 Å². The van der Waals surface area contributed by atoms with E-state index in [0.29, 0.717) is 11.6 Å². The third-order valence-corrected chi connectivity index (χ3v) is 2.65. The Morgan fingerprint density at radius 3 is 2.43 bits per heavy atom. The number of nitrogens with one attached hydrogen (secondary N) is 2. The van der Waals surface area contributed by atoms with Gasteiger partial charge in [0.25, 0.3) is 5.91 Å². The number of nitrogens with zero attached hydrogens (tertiary/aromatic N) is 1. The summed E-state index contributed by atoms with van der Waals surface area (Å²) in [6, 6.07) is 4.85. The van der Waals surface area contributed by atoms with Crippen molar-refractivity contribution in [2.45, 2.75) is 0 Å². The van der Waals surface area contributed by atoms with Gasteiger partial charge in [-0.3, -0.25) is 10.6 Å². The second-order valence-corrected chi connectivity index (χ2v) is 4.00. The summed E-state index contributed by atoms with van der Waals surface area (Å²) in [5, 5.41) is 2.46. The molecule has 0 aliphatic carbocycles. The highest BCUT2D eigenvalue weighted by atomic mass is 19.1. The Labute approximate surface area is 118 Å². The number of benzene rings is 1. The molecule has 0 bridgehead atoms. The SMILES string of the molecule is COc1ccc(NC(=O)c2cc(F)c(NN)c(F)c2)cn1. The van der Waals surface area contributed by atoms with E-state index in [1.807, 2.05) is 5.43 Å². The van der Waals surface area contributed by atoms with Gasteiger partial charge in [-0.1, -0.05) is 0 Å². The highest BCUT2D eigenvalue weighted by Gasteiger charge is 2.14. The van der Waals surface area contributed by atoms with E-state index in [0.717, 1.165) is 12.1 Å². The fraction of sp³-hybridized carbons (Fsp3) is 0.0769. The Kier molecular flexibility index (Phi) is 4.29. The van der Waals surface area contributed by atoms with Crippen LogP contribution < -0.4 is 21.3 Å². The maximum absolute atomic E-state index is 13.5. The number of hydrazine groups is 1. The van der Waals surface area contributed by atoms with E-state index < -0.39 is 23.2 Å². The molecular formula is C13H12F2N4O2.